The van der Waals surface area contributed by atoms with Crippen molar-refractivity contribution in [3.05, 3.63) is 0 Å². The minimum atomic E-state index is 0.248. The molecule has 1 fully saturated rings. The monoisotopic (exact) mass is 179 g/mol. The quantitative estimate of drug-likeness (QED) is 0.611. The Morgan fingerprint density at radius 3 is 2.62 bits per heavy atom. The Morgan fingerprint density at radius 2 is 2.15 bits per heavy atom. The zero-order valence-electron chi connectivity index (χ0n) is 8.25. The molecule has 1 saturated heterocycles. The fourth-order valence-corrected chi connectivity index (χ4v) is 1.73. The molecule has 2 heteroatoms. The summed E-state index contributed by atoms with van der Waals surface area (Å²) in [7, 11) is 0. The summed E-state index contributed by atoms with van der Waals surface area (Å²) >= 11 is 0. The summed E-state index contributed by atoms with van der Waals surface area (Å²) in [5.74, 6) is 3.18. The van der Waals surface area contributed by atoms with Crippen LogP contribution in [0.4, 0.5) is 0 Å². The Hall–Kier alpha value is -0.810. The molecule has 1 heterocycles. The third-order valence-electron chi connectivity index (χ3n) is 2.55. The molecule has 1 aliphatic rings. The molecule has 1 rings (SSSR count). The van der Waals surface area contributed by atoms with Crippen LogP contribution in [-0.4, -0.2) is 29.8 Å². The number of hydrogen-bond donors (Lipinski definition) is 0. The average Bonchev–Trinajstić information content (AvgIpc) is 2.16. The number of carbonyl (C=O) groups excluding carboxylic acids is 1. The Kier molecular flexibility index (Phi) is 3.98. The highest BCUT2D eigenvalue weighted by Crippen LogP contribution is 2.12. The second-order valence-corrected chi connectivity index (χ2v) is 3.55. The molecule has 72 valence electrons. The lowest BCUT2D eigenvalue weighted by atomic mass is 10.0. The normalized spacial score (nSPS) is 21.1. The van der Waals surface area contributed by atoms with E-state index in [1.165, 1.54) is 0 Å². The van der Waals surface area contributed by atoms with Gasteiger partial charge in [0.15, 0.2) is 0 Å². The first-order valence-corrected chi connectivity index (χ1v) is 4.99. The van der Waals surface area contributed by atoms with Crippen LogP contribution in [0.25, 0.3) is 0 Å². The van der Waals surface area contributed by atoms with Gasteiger partial charge < -0.3 is 0 Å². The summed E-state index contributed by atoms with van der Waals surface area (Å²) in [6.07, 6.45) is 8.97. The summed E-state index contributed by atoms with van der Waals surface area (Å²) in [5, 5.41) is 0. The summed E-state index contributed by atoms with van der Waals surface area (Å²) in [6.45, 7) is 3.85. The van der Waals surface area contributed by atoms with Crippen molar-refractivity contribution < 1.29 is 4.79 Å². The van der Waals surface area contributed by atoms with Gasteiger partial charge in [-0.3, -0.25) is 9.69 Å². The molecule has 0 saturated carbocycles. The van der Waals surface area contributed by atoms with Crippen LogP contribution in [0.15, 0.2) is 0 Å². The number of Topliss-reactive ketones (excluding diaryl/α,β-unsaturated/α-hetero) is 1. The fraction of sp³-hybridized carbons (Fsp3) is 0.727. The fourth-order valence-electron chi connectivity index (χ4n) is 1.73. The molecule has 0 amide bonds. The van der Waals surface area contributed by atoms with Crippen LogP contribution in [0.2, 0.25) is 0 Å². The van der Waals surface area contributed by atoms with E-state index in [1.54, 1.807) is 0 Å². The van der Waals surface area contributed by atoms with Crippen molar-refractivity contribution in [1.82, 2.24) is 4.90 Å². The molecule has 2 nitrogen and oxygen atoms in total. The van der Waals surface area contributed by atoms with Gasteiger partial charge in [0.05, 0.1) is 6.04 Å². The van der Waals surface area contributed by atoms with E-state index >= 15 is 0 Å². The largest absolute Gasteiger partial charge is 0.300 e. The van der Waals surface area contributed by atoms with Crippen LogP contribution < -0.4 is 0 Å². The molecular weight excluding hydrogens is 162 g/mol. The first-order chi connectivity index (χ1) is 6.27. The number of nitrogens with zero attached hydrogens (tertiary/aromatic N) is 1. The molecule has 13 heavy (non-hydrogen) atoms. The summed E-state index contributed by atoms with van der Waals surface area (Å²) < 4.78 is 0. The van der Waals surface area contributed by atoms with Gasteiger partial charge in [-0.15, -0.1) is 6.42 Å². The average molecular weight is 179 g/mol. The van der Waals surface area contributed by atoms with Gasteiger partial charge in [0.1, 0.15) is 5.78 Å². The van der Waals surface area contributed by atoms with Gasteiger partial charge >= 0.3 is 0 Å². The van der Waals surface area contributed by atoms with Crippen molar-refractivity contribution in [2.45, 2.75) is 38.6 Å². The molecule has 0 bridgehead atoms. The van der Waals surface area contributed by atoms with Crippen LogP contribution in [-0.2, 0) is 4.79 Å². The Balaban J connectivity index is 2.42. The number of rotatable bonds is 3. The topological polar surface area (TPSA) is 20.3 Å². The van der Waals surface area contributed by atoms with E-state index in [-0.39, 0.29) is 6.04 Å². The SMILES string of the molecule is C#CC(CCC)N1CCC(=O)CC1. The summed E-state index contributed by atoms with van der Waals surface area (Å²) in [5.41, 5.74) is 0. The van der Waals surface area contributed by atoms with E-state index in [9.17, 15) is 4.79 Å². The highest BCUT2D eigenvalue weighted by molar-refractivity contribution is 5.79. The van der Waals surface area contributed by atoms with Gasteiger partial charge in [-0.1, -0.05) is 19.3 Å². The van der Waals surface area contributed by atoms with Crippen molar-refractivity contribution in [2.24, 2.45) is 0 Å². The summed E-state index contributed by atoms with van der Waals surface area (Å²) in [6, 6.07) is 0.248. The van der Waals surface area contributed by atoms with Gasteiger partial charge in [0, 0.05) is 25.9 Å². The molecule has 1 aliphatic heterocycles. The van der Waals surface area contributed by atoms with Crippen LogP contribution >= 0.6 is 0 Å². The molecule has 1 atom stereocenters. The minimum Gasteiger partial charge on any atom is -0.300 e. The first-order valence-electron chi connectivity index (χ1n) is 4.99. The zero-order valence-corrected chi connectivity index (χ0v) is 8.25. The van der Waals surface area contributed by atoms with E-state index in [0.29, 0.717) is 18.6 Å². The lowest BCUT2D eigenvalue weighted by Gasteiger charge is -2.30. The molecular formula is C11H17NO. The van der Waals surface area contributed by atoms with Crippen LogP contribution in [0.3, 0.4) is 0 Å². The smallest absolute Gasteiger partial charge is 0.135 e. The number of terminal acetylenes is 1. The van der Waals surface area contributed by atoms with E-state index in [1.807, 2.05) is 0 Å². The van der Waals surface area contributed by atoms with Gasteiger partial charge in [-0.25, -0.2) is 0 Å². The lowest BCUT2D eigenvalue weighted by molar-refractivity contribution is -0.121. The lowest BCUT2D eigenvalue weighted by Crippen LogP contribution is -2.40. The molecule has 0 aliphatic carbocycles. The van der Waals surface area contributed by atoms with Gasteiger partial charge in [0.25, 0.3) is 0 Å². The van der Waals surface area contributed by atoms with Gasteiger partial charge in [0.2, 0.25) is 0 Å². The van der Waals surface area contributed by atoms with Crippen molar-refractivity contribution in [3.8, 4) is 12.3 Å². The third kappa shape index (κ3) is 2.86. The zero-order chi connectivity index (χ0) is 9.68. The third-order valence-corrected chi connectivity index (χ3v) is 2.55. The number of carbonyl (C=O) groups is 1. The standard InChI is InChI=1S/C11H17NO/c1-3-5-10(4-2)12-8-6-11(13)7-9-12/h2,10H,3,5-9H2,1H3. The number of hydrogen-bond acceptors (Lipinski definition) is 2. The Morgan fingerprint density at radius 1 is 1.54 bits per heavy atom. The van der Waals surface area contributed by atoms with Crippen LogP contribution in [0, 0.1) is 12.3 Å². The van der Waals surface area contributed by atoms with Gasteiger partial charge in [-0.2, -0.15) is 0 Å². The maximum Gasteiger partial charge on any atom is 0.135 e. The van der Waals surface area contributed by atoms with E-state index in [4.69, 9.17) is 6.42 Å². The first kappa shape index (κ1) is 10.3. The van der Waals surface area contributed by atoms with E-state index < -0.39 is 0 Å². The second kappa shape index (κ2) is 5.04. The van der Waals surface area contributed by atoms with E-state index in [2.05, 4.69) is 17.7 Å². The number of likely N-dealkylation sites (tertiary alicyclic amines) is 1. The molecule has 0 aromatic heterocycles. The molecule has 0 aromatic carbocycles. The Labute approximate surface area is 80.3 Å². The molecule has 0 spiro atoms. The number of piperidine rings is 1. The molecule has 0 radical (unpaired) electrons. The van der Waals surface area contributed by atoms with Crippen LogP contribution in [0.5, 0.6) is 0 Å². The number of ketones is 1. The maximum atomic E-state index is 11.0. The second-order valence-electron chi connectivity index (χ2n) is 3.55. The van der Waals surface area contributed by atoms with Crippen LogP contribution in [0.1, 0.15) is 32.6 Å². The predicted molar refractivity (Wildman–Crippen MR) is 53.3 cm³/mol. The molecule has 1 unspecified atom stereocenters. The van der Waals surface area contributed by atoms with Gasteiger partial charge in [-0.05, 0) is 6.42 Å². The molecule has 0 aromatic rings. The van der Waals surface area contributed by atoms with Crippen molar-refractivity contribution in [2.75, 3.05) is 13.1 Å². The Bertz CT molecular complexity index is 207. The van der Waals surface area contributed by atoms with Crippen molar-refractivity contribution in [3.63, 3.8) is 0 Å². The highest BCUT2D eigenvalue weighted by Gasteiger charge is 2.21. The summed E-state index contributed by atoms with van der Waals surface area (Å²) in [4.78, 5) is 13.3. The van der Waals surface area contributed by atoms with Crippen molar-refractivity contribution >= 4 is 5.78 Å². The van der Waals surface area contributed by atoms with Crippen molar-refractivity contribution in [1.29, 1.82) is 0 Å². The highest BCUT2D eigenvalue weighted by atomic mass is 16.1. The maximum absolute atomic E-state index is 11.0. The minimum absolute atomic E-state index is 0.248. The van der Waals surface area contributed by atoms with E-state index in [0.717, 1.165) is 25.9 Å². The molecule has 0 N–H and O–H groups in total. The predicted octanol–water partition coefficient (Wildman–Crippen LogP) is 1.45.